The van der Waals surface area contributed by atoms with E-state index in [1.165, 1.54) is 13.0 Å². The predicted molar refractivity (Wildman–Crippen MR) is 146 cm³/mol. The highest BCUT2D eigenvalue weighted by molar-refractivity contribution is 6.74. The average Bonchev–Trinajstić information content (AvgIpc) is 2.74. The highest BCUT2D eigenvalue weighted by Crippen LogP contribution is 2.42. The van der Waals surface area contributed by atoms with E-state index in [-0.39, 0.29) is 29.6 Å². The van der Waals surface area contributed by atoms with E-state index in [1.807, 2.05) is 6.92 Å². The number of hydrogen-bond donors (Lipinski definition) is 0. The van der Waals surface area contributed by atoms with Crippen molar-refractivity contribution < 1.29 is 36.7 Å². The number of ketones is 2. The van der Waals surface area contributed by atoms with Gasteiger partial charge in [-0.1, -0.05) is 73.6 Å². The molecule has 0 radical (unpaired) electrons. The van der Waals surface area contributed by atoms with Gasteiger partial charge in [0.15, 0.2) is 20.2 Å². The van der Waals surface area contributed by atoms with Gasteiger partial charge in [-0.3, -0.25) is 14.4 Å². The number of rotatable bonds is 3. The lowest BCUT2D eigenvalue weighted by molar-refractivity contribution is -0.156. The van der Waals surface area contributed by atoms with Gasteiger partial charge in [0.05, 0.1) is 6.10 Å². The van der Waals surface area contributed by atoms with Crippen molar-refractivity contribution in [2.24, 2.45) is 23.2 Å². The smallest absolute Gasteiger partial charge is 0.412 e. The first-order valence-corrected chi connectivity index (χ1v) is 16.3. The fourth-order valence-electron chi connectivity index (χ4n) is 4.25. The molecule has 0 aliphatic carbocycles. The van der Waals surface area contributed by atoms with Gasteiger partial charge < -0.3 is 9.16 Å². The van der Waals surface area contributed by atoms with Crippen molar-refractivity contribution in [3.05, 3.63) is 23.8 Å². The Kier molecular flexibility index (Phi) is 11.4. The van der Waals surface area contributed by atoms with Crippen LogP contribution in [0.3, 0.4) is 0 Å². The van der Waals surface area contributed by atoms with Crippen molar-refractivity contribution in [2.75, 3.05) is 0 Å². The van der Waals surface area contributed by atoms with E-state index in [2.05, 4.69) is 33.9 Å². The second-order valence-electron chi connectivity index (χ2n) is 12.9. The van der Waals surface area contributed by atoms with Crippen LogP contribution in [0.4, 0.5) is 13.2 Å². The van der Waals surface area contributed by atoms with Gasteiger partial charge in [-0.15, -0.1) is 0 Å². The molecule has 0 aromatic carbocycles. The van der Waals surface area contributed by atoms with Crippen LogP contribution in [-0.2, 0) is 23.5 Å². The SMILES string of the molecule is CC(=O)C1C/C=C(/C(F)(F)F)C/C=C/[C@H](C)[C@H](O[Si](C)(C)C(C)(C)C)C(C)C(=O)C(C)(C)[C@@H](C)CC(=O)O1. The summed E-state index contributed by atoms with van der Waals surface area (Å²) in [5.74, 6) is -2.70. The van der Waals surface area contributed by atoms with Crippen molar-refractivity contribution in [1.29, 1.82) is 0 Å². The highest BCUT2D eigenvalue weighted by Gasteiger charge is 2.46. The molecule has 0 aromatic heterocycles. The van der Waals surface area contributed by atoms with Gasteiger partial charge >= 0.3 is 12.1 Å². The van der Waals surface area contributed by atoms with Gasteiger partial charge in [0.25, 0.3) is 0 Å². The number of Topliss-reactive ketones (excluding diaryl/α,β-unsaturated/α-hetero) is 2. The number of carbonyl (C=O) groups excluding carboxylic acids is 3. The van der Waals surface area contributed by atoms with Gasteiger partial charge in [-0.05, 0) is 43.3 Å². The Morgan fingerprint density at radius 2 is 1.66 bits per heavy atom. The number of cyclic esters (lactones) is 1. The molecule has 0 fully saturated rings. The largest absolute Gasteiger partial charge is 0.454 e. The molecule has 2 unspecified atom stereocenters. The maximum Gasteiger partial charge on any atom is 0.412 e. The number of carbonyl (C=O) groups is 3. The third-order valence-electron chi connectivity index (χ3n) is 8.45. The molecule has 0 N–H and O–H groups in total. The number of ether oxygens (including phenoxy) is 1. The van der Waals surface area contributed by atoms with Crippen LogP contribution in [0, 0.1) is 23.2 Å². The third kappa shape index (κ3) is 8.90. The zero-order valence-electron chi connectivity index (χ0n) is 24.9. The number of esters is 1. The molecule has 1 rings (SSSR count). The Bertz CT molecular complexity index is 927. The van der Waals surface area contributed by atoms with E-state index < -0.39 is 67.7 Å². The maximum atomic E-state index is 13.9. The fourth-order valence-corrected chi connectivity index (χ4v) is 5.71. The van der Waals surface area contributed by atoms with E-state index in [0.29, 0.717) is 0 Å². The van der Waals surface area contributed by atoms with E-state index in [0.717, 1.165) is 6.08 Å². The Morgan fingerprint density at radius 3 is 2.13 bits per heavy atom. The third-order valence-corrected chi connectivity index (χ3v) is 12.9. The number of halogens is 3. The lowest BCUT2D eigenvalue weighted by Gasteiger charge is -2.43. The molecule has 1 heterocycles. The average molecular weight is 561 g/mol. The molecular formula is C29H47F3O5Si. The summed E-state index contributed by atoms with van der Waals surface area (Å²) in [4.78, 5) is 38.6. The molecule has 0 amide bonds. The standard InChI is InChI=1S/C29H47F3O5Si/c1-18-13-12-14-22(29(30,31)32)15-16-23(21(4)33)36-24(34)17-19(2)28(8,9)26(35)20(3)25(18)37-38(10,11)27(5,6)7/h12-13,15,18-20,23,25H,14,16-17H2,1-11H3/b13-12+,22-15+/t18-,19-,20?,23?,25-/m0/s1. The molecule has 1 aliphatic heterocycles. The lowest BCUT2D eigenvalue weighted by atomic mass is 9.69. The van der Waals surface area contributed by atoms with Gasteiger partial charge in [-0.25, -0.2) is 0 Å². The lowest BCUT2D eigenvalue weighted by Crippen LogP contribution is -2.50. The quantitative estimate of drug-likeness (QED) is 0.202. The first-order valence-electron chi connectivity index (χ1n) is 13.4. The second-order valence-corrected chi connectivity index (χ2v) is 17.6. The first-order chi connectivity index (χ1) is 17.0. The minimum absolute atomic E-state index is 0.0900. The van der Waals surface area contributed by atoms with E-state index in [1.54, 1.807) is 33.8 Å². The molecule has 0 saturated carbocycles. The van der Waals surface area contributed by atoms with E-state index in [4.69, 9.17) is 9.16 Å². The Balaban J connectivity index is 3.62. The van der Waals surface area contributed by atoms with E-state index >= 15 is 0 Å². The van der Waals surface area contributed by atoms with E-state index in [9.17, 15) is 27.6 Å². The number of hydrogen-bond acceptors (Lipinski definition) is 5. The molecule has 1 aliphatic rings. The fraction of sp³-hybridized carbons (Fsp3) is 0.759. The Morgan fingerprint density at radius 1 is 1.11 bits per heavy atom. The molecule has 0 spiro atoms. The zero-order chi connectivity index (χ0) is 29.9. The Hall–Kier alpha value is -1.74. The molecule has 5 nitrogen and oxygen atoms in total. The molecule has 5 atom stereocenters. The van der Waals surface area contributed by atoms with Crippen LogP contribution >= 0.6 is 0 Å². The number of alkyl halides is 3. The van der Waals surface area contributed by atoms with Gasteiger partial charge in [0.1, 0.15) is 5.78 Å². The highest BCUT2D eigenvalue weighted by atomic mass is 28.4. The summed E-state index contributed by atoms with van der Waals surface area (Å²) in [6, 6.07) is 0. The van der Waals surface area contributed by atoms with Gasteiger partial charge in [-0.2, -0.15) is 13.2 Å². The number of allylic oxidation sites excluding steroid dienone is 2. The van der Waals surface area contributed by atoms with Gasteiger partial charge in [0.2, 0.25) is 0 Å². The minimum atomic E-state index is -4.61. The first kappa shape index (κ1) is 34.3. The monoisotopic (exact) mass is 560 g/mol. The second kappa shape index (κ2) is 12.6. The summed E-state index contributed by atoms with van der Waals surface area (Å²) in [7, 11) is -2.35. The molecule has 9 heteroatoms. The van der Waals surface area contributed by atoms with Crippen molar-refractivity contribution in [3.63, 3.8) is 0 Å². The normalized spacial score (nSPS) is 31.2. The van der Waals surface area contributed by atoms with Crippen molar-refractivity contribution in [3.8, 4) is 0 Å². The maximum absolute atomic E-state index is 13.9. The minimum Gasteiger partial charge on any atom is -0.454 e. The van der Waals surface area contributed by atoms with Crippen LogP contribution in [0.2, 0.25) is 18.1 Å². The summed E-state index contributed by atoms with van der Waals surface area (Å²) in [6.07, 6.45) is -3.34. The van der Waals surface area contributed by atoms with Crippen LogP contribution in [0.1, 0.15) is 81.6 Å². The van der Waals surface area contributed by atoms with Crippen LogP contribution in [0.25, 0.3) is 0 Å². The zero-order valence-corrected chi connectivity index (χ0v) is 25.9. The summed E-state index contributed by atoms with van der Waals surface area (Å²) < 4.78 is 53.3. The molecule has 0 aromatic rings. The summed E-state index contributed by atoms with van der Waals surface area (Å²) in [5.41, 5.74) is -1.74. The van der Waals surface area contributed by atoms with Crippen LogP contribution in [0.15, 0.2) is 23.8 Å². The molecule has 0 bridgehead atoms. The summed E-state index contributed by atoms with van der Waals surface area (Å²) in [5, 5.41) is -0.138. The predicted octanol–water partition coefficient (Wildman–Crippen LogP) is 7.61. The topological polar surface area (TPSA) is 69.7 Å². The molecule has 218 valence electrons. The van der Waals surface area contributed by atoms with Crippen molar-refractivity contribution in [2.45, 2.75) is 118 Å². The summed E-state index contributed by atoms with van der Waals surface area (Å²) >= 11 is 0. The summed E-state index contributed by atoms with van der Waals surface area (Å²) in [6.45, 7) is 20.6. The van der Waals surface area contributed by atoms with Crippen LogP contribution < -0.4 is 0 Å². The molecule has 38 heavy (non-hydrogen) atoms. The van der Waals surface area contributed by atoms with Crippen molar-refractivity contribution >= 4 is 25.9 Å². The molecule has 0 saturated heterocycles. The van der Waals surface area contributed by atoms with Crippen LogP contribution in [-0.4, -0.2) is 44.2 Å². The Labute approximate surface area is 227 Å². The van der Waals surface area contributed by atoms with Crippen molar-refractivity contribution in [1.82, 2.24) is 0 Å². The van der Waals surface area contributed by atoms with Crippen LogP contribution in [0.5, 0.6) is 0 Å². The van der Waals surface area contributed by atoms with Gasteiger partial charge in [0, 0.05) is 29.7 Å². The molecular weight excluding hydrogens is 513 g/mol.